The molecule has 104 valence electrons. The largest absolute Gasteiger partial charge is 0.434 e. The van der Waals surface area contributed by atoms with Gasteiger partial charge in [-0.2, -0.15) is 38.1 Å². The van der Waals surface area contributed by atoms with Gasteiger partial charge in [-0.15, -0.1) is 11.3 Å². The fraction of sp³-hybridized carbons (Fsp3) is 0.625. The molecule has 1 atom stereocenters. The summed E-state index contributed by atoms with van der Waals surface area (Å²) >= 11 is 1.40. The van der Waals surface area contributed by atoms with Gasteiger partial charge in [-0.3, -0.25) is 0 Å². The number of thioether (sulfide) groups is 1. The molecule has 0 saturated heterocycles. The molecule has 18 heavy (non-hydrogen) atoms. The van der Waals surface area contributed by atoms with Crippen LogP contribution >= 0.6 is 23.1 Å². The van der Waals surface area contributed by atoms with Crippen LogP contribution in [-0.4, -0.2) is 28.1 Å². The highest BCUT2D eigenvalue weighted by molar-refractivity contribution is 7.98. The summed E-state index contributed by atoms with van der Waals surface area (Å²) in [7, 11) is 0. The maximum Gasteiger partial charge on any atom is 0.434 e. The average molecular weight is 311 g/mol. The van der Waals surface area contributed by atoms with Gasteiger partial charge in [-0.1, -0.05) is 0 Å². The minimum atomic E-state index is -4.72. The van der Waals surface area contributed by atoms with Crippen LogP contribution in [0.1, 0.15) is 10.7 Å². The van der Waals surface area contributed by atoms with E-state index in [2.05, 4.69) is 4.98 Å². The molecule has 1 N–H and O–H groups in total. The average Bonchev–Trinajstić information content (AvgIpc) is 2.64. The second kappa shape index (κ2) is 5.66. The first-order chi connectivity index (χ1) is 8.10. The van der Waals surface area contributed by atoms with Gasteiger partial charge in [0, 0.05) is 16.9 Å². The Morgan fingerprint density at radius 3 is 2.33 bits per heavy atom. The first-order valence-corrected chi connectivity index (χ1v) is 6.48. The van der Waals surface area contributed by atoms with Crippen LogP contribution in [0.5, 0.6) is 0 Å². The minimum absolute atomic E-state index is 0.0710. The third-order valence-corrected chi connectivity index (χ3v) is 3.78. The topological polar surface area (TPSA) is 33.1 Å². The fourth-order valence-electron chi connectivity index (χ4n) is 0.860. The molecular weight excluding hydrogens is 304 g/mol. The van der Waals surface area contributed by atoms with Crippen molar-refractivity contribution >= 4 is 23.1 Å². The summed E-state index contributed by atoms with van der Waals surface area (Å²) in [4.78, 5) is 3.25. The summed E-state index contributed by atoms with van der Waals surface area (Å²) in [5, 5.41) is 9.53. The number of nitrogens with zero attached hydrogens (tertiary/aromatic N) is 1. The van der Waals surface area contributed by atoms with Gasteiger partial charge in [0.1, 0.15) is 5.01 Å². The maximum absolute atomic E-state index is 12.2. The van der Waals surface area contributed by atoms with E-state index in [-0.39, 0.29) is 10.8 Å². The fourth-order valence-corrected chi connectivity index (χ4v) is 2.74. The Morgan fingerprint density at radius 1 is 1.28 bits per heavy atom. The van der Waals surface area contributed by atoms with Crippen molar-refractivity contribution in [2.45, 2.75) is 24.2 Å². The van der Waals surface area contributed by atoms with Crippen LogP contribution in [0.25, 0.3) is 0 Å². The van der Waals surface area contributed by atoms with Crippen LogP contribution in [-0.2, 0) is 11.9 Å². The molecule has 0 aromatic carbocycles. The Balaban J connectivity index is 2.43. The molecule has 0 saturated carbocycles. The smallest absolute Gasteiger partial charge is 0.383 e. The zero-order valence-electron chi connectivity index (χ0n) is 8.55. The van der Waals surface area contributed by atoms with Gasteiger partial charge in [0.15, 0.2) is 11.8 Å². The molecule has 0 aliphatic heterocycles. The minimum Gasteiger partial charge on any atom is -0.383 e. The number of alkyl halides is 6. The molecule has 0 aliphatic rings. The highest BCUT2D eigenvalue weighted by atomic mass is 32.2. The van der Waals surface area contributed by atoms with Crippen molar-refractivity contribution in [3.8, 4) is 0 Å². The molecule has 2 nitrogen and oxygen atoms in total. The maximum atomic E-state index is 12.2. The number of rotatable bonds is 4. The molecule has 1 heterocycles. The van der Waals surface area contributed by atoms with E-state index in [9.17, 15) is 26.3 Å². The van der Waals surface area contributed by atoms with E-state index in [0.29, 0.717) is 11.8 Å². The number of aromatic nitrogens is 1. The molecule has 1 aromatic heterocycles. The van der Waals surface area contributed by atoms with Crippen LogP contribution in [0.2, 0.25) is 0 Å². The summed E-state index contributed by atoms with van der Waals surface area (Å²) < 4.78 is 72.2. The van der Waals surface area contributed by atoms with Crippen LogP contribution in [0.3, 0.4) is 0 Å². The van der Waals surface area contributed by atoms with Gasteiger partial charge in [-0.25, -0.2) is 4.98 Å². The summed E-state index contributed by atoms with van der Waals surface area (Å²) in [6.07, 6.45) is -11.7. The summed E-state index contributed by atoms with van der Waals surface area (Å²) in [6.45, 7) is 0. The van der Waals surface area contributed by atoms with Crippen molar-refractivity contribution < 1.29 is 31.4 Å². The molecule has 0 aliphatic carbocycles. The van der Waals surface area contributed by atoms with Gasteiger partial charge >= 0.3 is 12.4 Å². The monoisotopic (exact) mass is 311 g/mol. The Kier molecular flexibility index (Phi) is 4.90. The van der Waals surface area contributed by atoms with Gasteiger partial charge in [0.25, 0.3) is 0 Å². The number of aliphatic hydroxyl groups is 1. The molecule has 0 unspecified atom stereocenters. The third kappa shape index (κ3) is 4.65. The van der Waals surface area contributed by atoms with Gasteiger partial charge in [0.2, 0.25) is 0 Å². The number of aliphatic hydroxyl groups excluding tert-OH is 1. The van der Waals surface area contributed by atoms with Crippen LogP contribution in [0.15, 0.2) is 5.38 Å². The van der Waals surface area contributed by atoms with E-state index in [0.717, 1.165) is 16.7 Å². The van der Waals surface area contributed by atoms with Gasteiger partial charge in [0.05, 0.1) is 0 Å². The quantitative estimate of drug-likeness (QED) is 0.866. The molecule has 10 heteroatoms. The first-order valence-electron chi connectivity index (χ1n) is 4.45. The summed E-state index contributed by atoms with van der Waals surface area (Å²) in [5.41, 5.74) is -1.06. The lowest BCUT2D eigenvalue weighted by molar-refractivity contribution is -0.195. The van der Waals surface area contributed by atoms with Crippen molar-refractivity contribution in [2.24, 2.45) is 0 Å². The van der Waals surface area contributed by atoms with E-state index in [1.807, 2.05) is 0 Å². The number of hydrogen-bond acceptors (Lipinski definition) is 4. The van der Waals surface area contributed by atoms with Gasteiger partial charge in [-0.05, 0) is 0 Å². The SMILES string of the molecule is O[C@@H](CSCc1nc(C(F)(F)F)cs1)C(F)(F)F. The lowest BCUT2D eigenvalue weighted by atomic mass is 10.4. The number of hydrogen-bond donors (Lipinski definition) is 1. The zero-order chi connectivity index (χ0) is 14.0. The lowest BCUT2D eigenvalue weighted by Crippen LogP contribution is -2.30. The molecule has 0 spiro atoms. The zero-order valence-corrected chi connectivity index (χ0v) is 10.2. The molecule has 0 fully saturated rings. The Bertz CT molecular complexity index is 388. The summed E-state index contributed by atoms with van der Waals surface area (Å²) in [6, 6.07) is 0. The standard InChI is InChI=1S/C8H7F6NOS2/c9-7(10,11)4-1-18-6(15-4)3-17-2-5(16)8(12,13)14/h1,5,16H,2-3H2/t5-/m0/s1. The van der Waals surface area contributed by atoms with E-state index in [4.69, 9.17) is 5.11 Å². The highest BCUT2D eigenvalue weighted by Gasteiger charge is 2.38. The molecule has 0 bridgehead atoms. The Hall–Kier alpha value is -0.480. The van der Waals surface area contributed by atoms with Crippen molar-refractivity contribution in [3.63, 3.8) is 0 Å². The van der Waals surface area contributed by atoms with E-state index < -0.39 is 29.9 Å². The predicted molar refractivity (Wildman–Crippen MR) is 55.3 cm³/mol. The van der Waals surface area contributed by atoms with E-state index in [1.54, 1.807) is 0 Å². The number of halogens is 6. The normalized spacial score (nSPS) is 14.8. The Morgan fingerprint density at radius 2 is 1.89 bits per heavy atom. The van der Waals surface area contributed by atoms with Gasteiger partial charge < -0.3 is 5.11 Å². The van der Waals surface area contributed by atoms with Crippen molar-refractivity contribution in [2.75, 3.05) is 5.75 Å². The van der Waals surface area contributed by atoms with Crippen LogP contribution < -0.4 is 0 Å². The Labute approximate surface area is 106 Å². The first kappa shape index (κ1) is 15.6. The van der Waals surface area contributed by atoms with E-state index in [1.165, 1.54) is 0 Å². The predicted octanol–water partition coefficient (Wildman–Crippen LogP) is 3.32. The van der Waals surface area contributed by atoms with E-state index >= 15 is 0 Å². The molecule has 1 aromatic rings. The number of thiazole rings is 1. The lowest BCUT2D eigenvalue weighted by Gasteiger charge is -2.13. The van der Waals surface area contributed by atoms with Crippen LogP contribution in [0, 0.1) is 0 Å². The van der Waals surface area contributed by atoms with Crippen molar-refractivity contribution in [3.05, 3.63) is 16.1 Å². The van der Waals surface area contributed by atoms with Crippen LogP contribution in [0.4, 0.5) is 26.3 Å². The second-order valence-electron chi connectivity index (χ2n) is 3.20. The molecule has 1 rings (SSSR count). The van der Waals surface area contributed by atoms with Crippen molar-refractivity contribution in [1.29, 1.82) is 0 Å². The molecule has 0 radical (unpaired) electrons. The molecular formula is C8H7F6NOS2. The highest BCUT2D eigenvalue weighted by Crippen LogP contribution is 2.31. The second-order valence-corrected chi connectivity index (χ2v) is 5.17. The summed E-state index contributed by atoms with van der Waals surface area (Å²) in [5.74, 6) is -0.738. The van der Waals surface area contributed by atoms with Crippen molar-refractivity contribution in [1.82, 2.24) is 4.98 Å². The molecule has 0 amide bonds. The third-order valence-electron chi connectivity index (χ3n) is 1.72.